The zero-order valence-corrected chi connectivity index (χ0v) is 13.3. The molecule has 2 aromatic rings. The molecular weight excluding hydrogens is 288 g/mol. The molecule has 1 aliphatic carbocycles. The van der Waals surface area contributed by atoms with Gasteiger partial charge >= 0.3 is 0 Å². The zero-order valence-electron chi connectivity index (χ0n) is 13.3. The Labute approximate surface area is 136 Å². The van der Waals surface area contributed by atoms with Gasteiger partial charge in [-0.1, -0.05) is 19.3 Å². The average Bonchev–Trinajstić information content (AvgIpc) is 3.15. The van der Waals surface area contributed by atoms with Crippen LogP contribution < -0.4 is 0 Å². The predicted octanol–water partition coefficient (Wildman–Crippen LogP) is 2.92. The summed E-state index contributed by atoms with van der Waals surface area (Å²) in [5.74, 6) is 2.22. The van der Waals surface area contributed by atoms with Gasteiger partial charge in [-0.2, -0.15) is 5.10 Å². The number of pyridine rings is 1. The summed E-state index contributed by atoms with van der Waals surface area (Å²) in [6.45, 7) is 1.77. The summed E-state index contributed by atoms with van der Waals surface area (Å²) >= 11 is 0. The molecule has 0 radical (unpaired) electrons. The summed E-state index contributed by atoms with van der Waals surface area (Å²) in [4.78, 5) is 19.4. The van der Waals surface area contributed by atoms with Gasteiger partial charge in [0.15, 0.2) is 5.82 Å². The van der Waals surface area contributed by atoms with E-state index in [1.807, 2.05) is 29.3 Å². The molecule has 2 fully saturated rings. The third-order valence-electron chi connectivity index (χ3n) is 5.32. The molecule has 5 heteroatoms. The number of nitrogens with zero attached hydrogens (tertiary/aromatic N) is 4. The van der Waals surface area contributed by atoms with Crippen LogP contribution in [0.15, 0.2) is 36.8 Å². The SMILES string of the molecule is O=C(c1cccnc1-n1cccn1)N1CC[C@@H]2CCCC[C@H]2C1. The molecule has 0 aromatic carbocycles. The Morgan fingerprint density at radius 1 is 1.09 bits per heavy atom. The monoisotopic (exact) mass is 310 g/mol. The van der Waals surface area contributed by atoms with Crippen LogP contribution in [-0.2, 0) is 0 Å². The van der Waals surface area contributed by atoms with Crippen molar-refractivity contribution in [2.24, 2.45) is 11.8 Å². The Bertz CT molecular complexity index is 682. The minimum absolute atomic E-state index is 0.0904. The van der Waals surface area contributed by atoms with Crippen LogP contribution in [0.1, 0.15) is 42.5 Å². The van der Waals surface area contributed by atoms with Crippen LogP contribution >= 0.6 is 0 Å². The summed E-state index contributed by atoms with van der Waals surface area (Å²) in [6.07, 6.45) is 11.7. The number of fused-ring (bicyclic) bond motifs is 1. The number of amides is 1. The van der Waals surface area contributed by atoms with E-state index in [-0.39, 0.29) is 5.91 Å². The third kappa shape index (κ3) is 2.76. The van der Waals surface area contributed by atoms with E-state index in [4.69, 9.17) is 0 Å². The molecule has 1 saturated heterocycles. The van der Waals surface area contributed by atoms with Gasteiger partial charge in [-0.05, 0) is 42.9 Å². The van der Waals surface area contributed by atoms with Gasteiger partial charge in [-0.25, -0.2) is 9.67 Å². The van der Waals surface area contributed by atoms with E-state index in [1.165, 1.54) is 25.7 Å². The van der Waals surface area contributed by atoms with Crippen LogP contribution in [0, 0.1) is 11.8 Å². The van der Waals surface area contributed by atoms with E-state index in [9.17, 15) is 4.79 Å². The lowest BCUT2D eigenvalue weighted by molar-refractivity contribution is 0.0520. The van der Waals surface area contributed by atoms with Gasteiger partial charge in [-0.3, -0.25) is 4.79 Å². The Kier molecular flexibility index (Phi) is 3.85. The van der Waals surface area contributed by atoms with E-state index in [1.54, 1.807) is 17.1 Å². The molecule has 0 N–H and O–H groups in total. The molecule has 120 valence electrons. The summed E-state index contributed by atoms with van der Waals surface area (Å²) in [5, 5.41) is 4.22. The van der Waals surface area contributed by atoms with Crippen LogP contribution in [0.4, 0.5) is 0 Å². The van der Waals surface area contributed by atoms with Crippen LogP contribution in [-0.4, -0.2) is 38.7 Å². The summed E-state index contributed by atoms with van der Waals surface area (Å²) < 4.78 is 1.67. The Balaban J connectivity index is 1.58. The van der Waals surface area contributed by atoms with Gasteiger partial charge in [0.1, 0.15) is 0 Å². The second kappa shape index (κ2) is 6.14. The number of hydrogen-bond acceptors (Lipinski definition) is 3. The van der Waals surface area contributed by atoms with Crippen LogP contribution in [0.5, 0.6) is 0 Å². The molecule has 0 unspecified atom stereocenters. The minimum Gasteiger partial charge on any atom is -0.338 e. The molecule has 2 aliphatic rings. The maximum Gasteiger partial charge on any atom is 0.257 e. The summed E-state index contributed by atoms with van der Waals surface area (Å²) in [5.41, 5.74) is 0.644. The number of rotatable bonds is 2. The maximum atomic E-state index is 13.0. The molecule has 3 heterocycles. The van der Waals surface area contributed by atoms with Crippen molar-refractivity contribution in [1.82, 2.24) is 19.7 Å². The number of carbonyl (C=O) groups is 1. The smallest absolute Gasteiger partial charge is 0.257 e. The van der Waals surface area contributed by atoms with Crippen molar-refractivity contribution in [3.05, 3.63) is 42.4 Å². The standard InChI is InChI=1S/C18H22N4O/c23-18(21-12-8-14-5-1-2-6-15(14)13-21)16-7-3-9-19-17(16)22-11-4-10-20-22/h3-4,7,9-11,14-15H,1-2,5-6,8,12-13H2/t14-,15-/m0/s1. The number of carbonyl (C=O) groups excluding carboxylic acids is 1. The molecule has 2 aromatic heterocycles. The van der Waals surface area contributed by atoms with E-state index in [0.29, 0.717) is 17.3 Å². The molecule has 1 saturated carbocycles. The fraction of sp³-hybridized carbons (Fsp3) is 0.500. The maximum absolute atomic E-state index is 13.0. The van der Waals surface area contributed by atoms with Crippen molar-refractivity contribution >= 4 is 5.91 Å². The molecule has 1 amide bonds. The van der Waals surface area contributed by atoms with Gasteiger partial charge in [0, 0.05) is 31.7 Å². The largest absolute Gasteiger partial charge is 0.338 e. The molecule has 0 bridgehead atoms. The Hall–Kier alpha value is -2.17. The average molecular weight is 310 g/mol. The molecular formula is C18H22N4O. The van der Waals surface area contributed by atoms with Crippen molar-refractivity contribution in [3.8, 4) is 5.82 Å². The molecule has 1 aliphatic heterocycles. The lowest BCUT2D eigenvalue weighted by Gasteiger charge is -2.41. The van der Waals surface area contributed by atoms with Crippen molar-refractivity contribution in [2.75, 3.05) is 13.1 Å². The normalized spacial score (nSPS) is 24.3. The van der Waals surface area contributed by atoms with Gasteiger partial charge in [0.05, 0.1) is 5.56 Å². The molecule has 0 spiro atoms. The van der Waals surface area contributed by atoms with Crippen LogP contribution in [0.25, 0.3) is 5.82 Å². The Morgan fingerprint density at radius 3 is 2.78 bits per heavy atom. The first-order valence-corrected chi connectivity index (χ1v) is 8.57. The fourth-order valence-corrected chi connectivity index (χ4v) is 4.10. The van der Waals surface area contributed by atoms with E-state index >= 15 is 0 Å². The van der Waals surface area contributed by atoms with Crippen molar-refractivity contribution < 1.29 is 4.79 Å². The fourth-order valence-electron chi connectivity index (χ4n) is 4.10. The second-order valence-electron chi connectivity index (χ2n) is 6.67. The van der Waals surface area contributed by atoms with Crippen molar-refractivity contribution in [3.63, 3.8) is 0 Å². The van der Waals surface area contributed by atoms with E-state index in [2.05, 4.69) is 10.1 Å². The molecule has 23 heavy (non-hydrogen) atoms. The number of likely N-dealkylation sites (tertiary alicyclic amines) is 1. The number of aromatic nitrogens is 3. The third-order valence-corrected chi connectivity index (χ3v) is 5.32. The van der Waals surface area contributed by atoms with E-state index in [0.717, 1.165) is 25.4 Å². The molecule has 5 nitrogen and oxygen atoms in total. The van der Waals surface area contributed by atoms with Crippen LogP contribution in [0.2, 0.25) is 0 Å². The first-order valence-electron chi connectivity index (χ1n) is 8.57. The lowest BCUT2D eigenvalue weighted by atomic mass is 9.75. The zero-order chi connectivity index (χ0) is 15.6. The van der Waals surface area contributed by atoms with Gasteiger partial charge in [0.2, 0.25) is 0 Å². The lowest BCUT2D eigenvalue weighted by Crippen LogP contribution is -2.45. The Morgan fingerprint density at radius 2 is 1.96 bits per heavy atom. The minimum atomic E-state index is 0.0904. The van der Waals surface area contributed by atoms with Gasteiger partial charge < -0.3 is 4.90 Å². The first-order chi connectivity index (χ1) is 11.3. The summed E-state index contributed by atoms with van der Waals surface area (Å²) in [6, 6.07) is 5.53. The second-order valence-corrected chi connectivity index (χ2v) is 6.67. The highest BCUT2D eigenvalue weighted by Crippen LogP contribution is 2.36. The van der Waals surface area contributed by atoms with E-state index < -0.39 is 0 Å². The highest BCUT2D eigenvalue weighted by atomic mass is 16.2. The quantitative estimate of drug-likeness (QED) is 0.857. The predicted molar refractivity (Wildman–Crippen MR) is 87.3 cm³/mol. The highest BCUT2D eigenvalue weighted by molar-refractivity contribution is 5.97. The van der Waals surface area contributed by atoms with Crippen LogP contribution in [0.3, 0.4) is 0 Å². The number of hydrogen-bond donors (Lipinski definition) is 0. The number of piperidine rings is 1. The van der Waals surface area contributed by atoms with Gasteiger partial charge in [0.25, 0.3) is 5.91 Å². The first kappa shape index (κ1) is 14.4. The topological polar surface area (TPSA) is 51.0 Å². The molecule has 4 rings (SSSR count). The van der Waals surface area contributed by atoms with Crippen molar-refractivity contribution in [1.29, 1.82) is 0 Å². The summed E-state index contributed by atoms with van der Waals surface area (Å²) in [7, 11) is 0. The van der Waals surface area contributed by atoms with Gasteiger partial charge in [-0.15, -0.1) is 0 Å². The highest BCUT2D eigenvalue weighted by Gasteiger charge is 2.33. The molecule has 2 atom stereocenters. The van der Waals surface area contributed by atoms with Crippen molar-refractivity contribution in [2.45, 2.75) is 32.1 Å².